The zero-order chi connectivity index (χ0) is 10.6. The predicted octanol–water partition coefficient (Wildman–Crippen LogP) is 1.70. The Bertz CT molecular complexity index is 117. The average Bonchev–Trinajstić information content (AvgIpc) is 2.17. The van der Waals surface area contributed by atoms with Crippen LogP contribution >= 0.6 is 23.2 Å². The molecule has 0 spiro atoms. The number of hydrogen-bond acceptors (Lipinski definition) is 3. The number of halogens is 2. The Hall–Kier alpha value is 0.460. The fourth-order valence-electron chi connectivity index (χ4n) is 0.946. The summed E-state index contributed by atoms with van der Waals surface area (Å²) in [4.78, 5) is 7.39. The molecule has 0 atom stereocenters. The molecule has 0 aromatic rings. The van der Waals surface area contributed by atoms with Gasteiger partial charge in [0.25, 0.3) is 0 Å². The fourth-order valence-corrected chi connectivity index (χ4v) is 1.37. The van der Waals surface area contributed by atoms with Crippen LogP contribution in [0.15, 0.2) is 0 Å². The maximum Gasteiger partial charge on any atom is 0.0694 e. The van der Waals surface area contributed by atoms with Gasteiger partial charge < -0.3 is 9.74 Å². The molecule has 0 heterocycles. The number of nitrogens with zero attached hydrogens (tertiary/aromatic N) is 1. The van der Waals surface area contributed by atoms with Crippen LogP contribution in [-0.4, -0.2) is 49.9 Å². The first-order valence-corrected chi connectivity index (χ1v) is 6.03. The van der Waals surface area contributed by atoms with Gasteiger partial charge in [-0.05, 0) is 19.9 Å². The topological polar surface area (TPSA) is 24.5 Å². The Morgan fingerprint density at radius 2 is 1.93 bits per heavy atom. The first-order chi connectivity index (χ1) is 6.81. The van der Waals surface area contributed by atoms with Crippen molar-refractivity contribution in [1.29, 1.82) is 0 Å². The standard InChI is InChI=1S/C9H20Cl2N2O/c1-13(8-5-11)7-3-9-14-12-6-2-4-10/h12H,2-9H2,1H3. The third kappa shape index (κ3) is 10.5. The van der Waals surface area contributed by atoms with Gasteiger partial charge in [-0.3, -0.25) is 0 Å². The molecule has 3 nitrogen and oxygen atoms in total. The first-order valence-electron chi connectivity index (χ1n) is 4.96. The van der Waals surface area contributed by atoms with E-state index in [-0.39, 0.29) is 0 Å². The van der Waals surface area contributed by atoms with Crippen molar-refractivity contribution in [2.45, 2.75) is 12.8 Å². The van der Waals surface area contributed by atoms with Crippen molar-refractivity contribution in [2.24, 2.45) is 0 Å². The third-order valence-electron chi connectivity index (χ3n) is 1.77. The van der Waals surface area contributed by atoms with Gasteiger partial charge in [0.05, 0.1) is 6.61 Å². The summed E-state index contributed by atoms with van der Waals surface area (Å²) in [6.07, 6.45) is 1.95. The summed E-state index contributed by atoms with van der Waals surface area (Å²) in [5, 5.41) is 0. The van der Waals surface area contributed by atoms with E-state index >= 15 is 0 Å². The van der Waals surface area contributed by atoms with E-state index in [2.05, 4.69) is 17.4 Å². The number of hydroxylamine groups is 1. The van der Waals surface area contributed by atoms with E-state index in [9.17, 15) is 0 Å². The van der Waals surface area contributed by atoms with Crippen LogP contribution in [0.1, 0.15) is 12.8 Å². The van der Waals surface area contributed by atoms with Crippen LogP contribution in [0.5, 0.6) is 0 Å². The highest BCUT2D eigenvalue weighted by molar-refractivity contribution is 6.18. The molecule has 0 aliphatic carbocycles. The lowest BCUT2D eigenvalue weighted by Gasteiger charge is -2.14. The Kier molecular flexibility index (Phi) is 11.9. The zero-order valence-electron chi connectivity index (χ0n) is 8.77. The second kappa shape index (κ2) is 11.5. The zero-order valence-corrected chi connectivity index (χ0v) is 10.3. The second-order valence-electron chi connectivity index (χ2n) is 3.13. The average molecular weight is 243 g/mol. The molecule has 0 aliphatic rings. The molecule has 0 saturated heterocycles. The molecule has 0 amide bonds. The van der Waals surface area contributed by atoms with Crippen LogP contribution in [0.2, 0.25) is 0 Å². The van der Waals surface area contributed by atoms with E-state index in [0.717, 1.165) is 39.1 Å². The maximum absolute atomic E-state index is 5.60. The van der Waals surface area contributed by atoms with Gasteiger partial charge in [0.2, 0.25) is 0 Å². The monoisotopic (exact) mass is 242 g/mol. The Balaban J connectivity index is 2.98. The van der Waals surface area contributed by atoms with Crippen molar-refractivity contribution in [3.63, 3.8) is 0 Å². The number of hydrogen-bond donors (Lipinski definition) is 1. The van der Waals surface area contributed by atoms with Crippen molar-refractivity contribution in [1.82, 2.24) is 10.4 Å². The van der Waals surface area contributed by atoms with E-state index in [1.54, 1.807) is 0 Å². The molecule has 0 aromatic heterocycles. The Labute approximate surface area is 96.6 Å². The third-order valence-corrected chi connectivity index (χ3v) is 2.20. The lowest BCUT2D eigenvalue weighted by atomic mass is 10.4. The van der Waals surface area contributed by atoms with Crippen LogP contribution in [0, 0.1) is 0 Å². The minimum absolute atomic E-state index is 0.675. The smallest absolute Gasteiger partial charge is 0.0694 e. The summed E-state index contributed by atoms with van der Waals surface area (Å²) < 4.78 is 0. The van der Waals surface area contributed by atoms with Crippen molar-refractivity contribution < 1.29 is 4.84 Å². The molecule has 0 unspecified atom stereocenters. The summed E-state index contributed by atoms with van der Waals surface area (Å²) in [5.74, 6) is 1.36. The van der Waals surface area contributed by atoms with E-state index in [1.807, 2.05) is 0 Å². The van der Waals surface area contributed by atoms with E-state index < -0.39 is 0 Å². The normalized spacial score (nSPS) is 11.1. The lowest BCUT2D eigenvalue weighted by molar-refractivity contribution is 0.0366. The van der Waals surface area contributed by atoms with Crippen molar-refractivity contribution in [2.75, 3.05) is 45.0 Å². The van der Waals surface area contributed by atoms with Crippen LogP contribution in [0.3, 0.4) is 0 Å². The highest BCUT2D eigenvalue weighted by Gasteiger charge is 1.96. The number of rotatable bonds is 10. The molecular weight excluding hydrogens is 223 g/mol. The van der Waals surface area contributed by atoms with Gasteiger partial charge in [0, 0.05) is 31.4 Å². The van der Waals surface area contributed by atoms with Crippen molar-refractivity contribution in [3.8, 4) is 0 Å². The molecule has 14 heavy (non-hydrogen) atoms. The van der Waals surface area contributed by atoms with Gasteiger partial charge in [0.15, 0.2) is 0 Å². The summed E-state index contributed by atoms with van der Waals surface area (Å²) >= 11 is 11.1. The van der Waals surface area contributed by atoms with Gasteiger partial charge >= 0.3 is 0 Å². The maximum atomic E-state index is 5.60. The SMILES string of the molecule is CN(CCCl)CCCONCCCCl. The minimum Gasteiger partial charge on any atom is -0.305 e. The number of nitrogens with one attached hydrogen (secondary N) is 1. The molecule has 5 heteroatoms. The molecule has 0 aliphatic heterocycles. The quantitative estimate of drug-likeness (QED) is 0.359. The minimum atomic E-state index is 0.675. The van der Waals surface area contributed by atoms with Crippen LogP contribution in [-0.2, 0) is 4.84 Å². The van der Waals surface area contributed by atoms with Gasteiger partial charge in [-0.1, -0.05) is 0 Å². The highest BCUT2D eigenvalue weighted by Crippen LogP contribution is 1.89. The Morgan fingerprint density at radius 3 is 2.57 bits per heavy atom. The molecule has 0 bridgehead atoms. The van der Waals surface area contributed by atoms with Crippen LogP contribution in [0.4, 0.5) is 0 Å². The van der Waals surface area contributed by atoms with E-state index in [1.165, 1.54) is 0 Å². The van der Waals surface area contributed by atoms with Gasteiger partial charge in [0.1, 0.15) is 0 Å². The van der Waals surface area contributed by atoms with Gasteiger partial charge in [-0.15, -0.1) is 23.2 Å². The molecule has 0 radical (unpaired) electrons. The fraction of sp³-hybridized carbons (Fsp3) is 1.00. The van der Waals surface area contributed by atoms with Crippen molar-refractivity contribution in [3.05, 3.63) is 0 Å². The Morgan fingerprint density at radius 1 is 1.14 bits per heavy atom. The highest BCUT2D eigenvalue weighted by atomic mass is 35.5. The van der Waals surface area contributed by atoms with Crippen molar-refractivity contribution >= 4 is 23.2 Å². The summed E-state index contributed by atoms with van der Waals surface area (Å²) in [7, 11) is 2.06. The summed E-state index contributed by atoms with van der Waals surface area (Å²) in [6, 6.07) is 0. The summed E-state index contributed by atoms with van der Waals surface area (Å²) in [5.41, 5.74) is 2.86. The van der Waals surface area contributed by atoms with Gasteiger partial charge in [-0.2, -0.15) is 0 Å². The molecular formula is C9H20Cl2N2O. The second-order valence-corrected chi connectivity index (χ2v) is 3.89. The van der Waals surface area contributed by atoms with Gasteiger partial charge in [-0.25, -0.2) is 5.48 Å². The molecule has 0 fully saturated rings. The number of alkyl halides is 2. The van der Waals surface area contributed by atoms with Crippen LogP contribution < -0.4 is 5.48 Å². The molecule has 0 rings (SSSR count). The first kappa shape index (κ1) is 14.5. The molecule has 86 valence electrons. The van der Waals surface area contributed by atoms with E-state index in [4.69, 9.17) is 28.0 Å². The predicted molar refractivity (Wildman–Crippen MR) is 62.1 cm³/mol. The summed E-state index contributed by atoms with van der Waals surface area (Å²) in [6.45, 7) is 3.50. The molecule has 1 N–H and O–H groups in total. The molecule has 0 saturated carbocycles. The largest absolute Gasteiger partial charge is 0.305 e. The van der Waals surface area contributed by atoms with E-state index in [0.29, 0.717) is 11.8 Å². The molecule has 0 aromatic carbocycles. The lowest BCUT2D eigenvalue weighted by Crippen LogP contribution is -2.24. The van der Waals surface area contributed by atoms with Crippen LogP contribution in [0.25, 0.3) is 0 Å².